The largest absolute Gasteiger partial charge is 0.383 e. The number of nitrogens with two attached hydrogens (primary N) is 1. The third-order valence-corrected chi connectivity index (χ3v) is 4.76. The predicted octanol–water partition coefficient (Wildman–Crippen LogP) is 1.69. The highest BCUT2D eigenvalue weighted by Gasteiger charge is 2.40. The van der Waals surface area contributed by atoms with E-state index in [1.54, 1.807) is 23.3 Å². The van der Waals surface area contributed by atoms with Gasteiger partial charge in [0.2, 0.25) is 5.91 Å². The van der Waals surface area contributed by atoms with Gasteiger partial charge in [0.15, 0.2) is 0 Å². The molecular weight excluding hydrogens is 274 g/mol. The van der Waals surface area contributed by atoms with Crippen molar-refractivity contribution in [1.82, 2.24) is 9.88 Å². The van der Waals surface area contributed by atoms with Crippen molar-refractivity contribution < 1.29 is 9.53 Å². The number of carbonyl (C=O) groups is 1. The van der Waals surface area contributed by atoms with Gasteiger partial charge in [0.05, 0.1) is 23.4 Å². The summed E-state index contributed by atoms with van der Waals surface area (Å²) in [6.45, 7) is 7.50. The summed E-state index contributed by atoms with van der Waals surface area (Å²) in [5, 5.41) is 3.11. The number of nitrogens with zero attached hydrogens (tertiary/aromatic N) is 2. The van der Waals surface area contributed by atoms with E-state index in [1.807, 2.05) is 5.38 Å². The number of carbonyl (C=O) groups excluding carboxylic acids is 1. The molecule has 0 radical (unpaired) electrons. The molecule has 5 nitrogen and oxygen atoms in total. The van der Waals surface area contributed by atoms with Gasteiger partial charge in [0, 0.05) is 36.9 Å². The monoisotopic (exact) mass is 297 g/mol. The Morgan fingerprint density at radius 3 is 2.80 bits per heavy atom. The summed E-state index contributed by atoms with van der Waals surface area (Å²) in [7, 11) is 1.63. The lowest BCUT2D eigenvalue weighted by molar-refractivity contribution is -0.129. The van der Waals surface area contributed by atoms with Crippen LogP contribution in [0.4, 0.5) is 0 Å². The summed E-state index contributed by atoms with van der Waals surface area (Å²) in [5.74, 6) is 0.0878. The molecule has 2 rings (SSSR count). The van der Waals surface area contributed by atoms with Gasteiger partial charge in [0.1, 0.15) is 0 Å². The van der Waals surface area contributed by atoms with Gasteiger partial charge in [-0.2, -0.15) is 0 Å². The van der Waals surface area contributed by atoms with Crippen molar-refractivity contribution in [1.29, 1.82) is 0 Å². The molecule has 2 unspecified atom stereocenters. The molecule has 6 heteroatoms. The molecule has 20 heavy (non-hydrogen) atoms. The van der Waals surface area contributed by atoms with Gasteiger partial charge in [0.25, 0.3) is 0 Å². The summed E-state index contributed by atoms with van der Waals surface area (Å²) < 4.78 is 5.08. The molecule has 2 heterocycles. The van der Waals surface area contributed by atoms with Crippen molar-refractivity contribution in [2.75, 3.05) is 20.3 Å². The maximum absolute atomic E-state index is 12.0. The first kappa shape index (κ1) is 15.4. The Bertz CT molecular complexity index is 481. The van der Waals surface area contributed by atoms with Crippen LogP contribution in [-0.4, -0.2) is 42.1 Å². The van der Waals surface area contributed by atoms with E-state index >= 15 is 0 Å². The van der Waals surface area contributed by atoms with Crippen LogP contribution in [0.5, 0.6) is 0 Å². The van der Waals surface area contributed by atoms with Gasteiger partial charge in [-0.05, 0) is 0 Å². The molecular formula is C14H23N3O2S. The first-order valence-electron chi connectivity index (χ1n) is 6.84. The predicted molar refractivity (Wildman–Crippen MR) is 79.7 cm³/mol. The first-order chi connectivity index (χ1) is 9.34. The number of likely N-dealkylation sites (tertiary alicyclic amines) is 1. The fraction of sp³-hybridized carbons (Fsp3) is 0.714. The van der Waals surface area contributed by atoms with Crippen LogP contribution in [0.25, 0.3) is 0 Å². The number of methoxy groups -OCH3 is 1. The molecule has 1 amide bonds. The van der Waals surface area contributed by atoms with Crippen molar-refractivity contribution in [2.24, 2.45) is 5.73 Å². The summed E-state index contributed by atoms with van der Waals surface area (Å²) in [6.07, 6.45) is 0.386. The summed E-state index contributed by atoms with van der Waals surface area (Å²) in [6, 6.07) is -0.306. The molecule has 2 N–H and O–H groups in total. The Morgan fingerprint density at radius 2 is 2.25 bits per heavy atom. The summed E-state index contributed by atoms with van der Waals surface area (Å²) in [4.78, 5) is 18.6. The van der Waals surface area contributed by atoms with Crippen molar-refractivity contribution in [3.63, 3.8) is 0 Å². The maximum atomic E-state index is 12.0. The molecule has 0 saturated carbocycles. The lowest BCUT2D eigenvalue weighted by atomic mass is 9.98. The lowest BCUT2D eigenvalue weighted by Crippen LogP contribution is -2.35. The smallest absolute Gasteiger partial charge is 0.224 e. The number of hydrogen-bond acceptors (Lipinski definition) is 5. The Kier molecular flexibility index (Phi) is 4.46. The van der Waals surface area contributed by atoms with E-state index in [0.717, 1.165) is 10.7 Å². The minimum atomic E-state index is -0.186. The molecule has 2 atom stereocenters. The minimum Gasteiger partial charge on any atom is -0.383 e. The second kappa shape index (κ2) is 5.79. The average Bonchev–Trinajstić information content (AvgIpc) is 2.91. The van der Waals surface area contributed by atoms with Crippen LogP contribution in [0.1, 0.15) is 43.9 Å². The highest BCUT2D eigenvalue weighted by Crippen LogP contribution is 2.35. The zero-order chi connectivity index (χ0) is 14.9. The second-order valence-electron chi connectivity index (χ2n) is 6.22. The van der Waals surface area contributed by atoms with Crippen LogP contribution < -0.4 is 5.73 Å². The van der Waals surface area contributed by atoms with Crippen molar-refractivity contribution >= 4 is 17.2 Å². The zero-order valence-electron chi connectivity index (χ0n) is 12.5. The van der Waals surface area contributed by atoms with Gasteiger partial charge in [-0.1, -0.05) is 20.8 Å². The fourth-order valence-corrected chi connectivity index (χ4v) is 3.35. The van der Waals surface area contributed by atoms with E-state index in [4.69, 9.17) is 15.5 Å². The van der Waals surface area contributed by atoms with Crippen LogP contribution in [0.15, 0.2) is 5.38 Å². The van der Waals surface area contributed by atoms with E-state index < -0.39 is 0 Å². The Hall–Kier alpha value is -0.980. The highest BCUT2D eigenvalue weighted by atomic mass is 32.1. The number of amides is 1. The van der Waals surface area contributed by atoms with Crippen LogP contribution in [0.2, 0.25) is 0 Å². The Balaban J connectivity index is 2.24. The SMILES string of the molecule is COCCN1C(=O)CC(N)C1c1csc(C(C)(C)C)n1. The normalized spacial score (nSPS) is 23.6. The molecule has 0 aromatic carbocycles. The van der Waals surface area contributed by atoms with Crippen LogP contribution in [0.3, 0.4) is 0 Å². The topological polar surface area (TPSA) is 68.5 Å². The first-order valence-corrected chi connectivity index (χ1v) is 7.72. The molecule has 0 bridgehead atoms. The average molecular weight is 297 g/mol. The molecule has 0 spiro atoms. The standard InChI is InChI=1S/C14H23N3O2S/c1-14(2,3)13-16-10(8-20-13)12-9(15)7-11(18)17(12)5-6-19-4/h8-9,12H,5-7,15H2,1-4H3. The second-order valence-corrected chi connectivity index (χ2v) is 7.08. The van der Waals surface area contributed by atoms with E-state index in [9.17, 15) is 4.79 Å². The van der Waals surface area contributed by atoms with Gasteiger partial charge < -0.3 is 15.4 Å². The molecule has 1 fully saturated rings. The van der Waals surface area contributed by atoms with E-state index in [1.165, 1.54) is 0 Å². The zero-order valence-corrected chi connectivity index (χ0v) is 13.4. The van der Waals surface area contributed by atoms with E-state index in [2.05, 4.69) is 20.8 Å². The van der Waals surface area contributed by atoms with Crippen LogP contribution in [-0.2, 0) is 14.9 Å². The summed E-state index contributed by atoms with van der Waals surface area (Å²) in [5.41, 5.74) is 7.08. The number of aromatic nitrogens is 1. The van der Waals surface area contributed by atoms with Crippen LogP contribution in [0, 0.1) is 0 Å². The highest BCUT2D eigenvalue weighted by molar-refractivity contribution is 7.09. The van der Waals surface area contributed by atoms with Gasteiger partial charge in [-0.15, -0.1) is 11.3 Å². The fourth-order valence-electron chi connectivity index (χ4n) is 2.42. The lowest BCUT2D eigenvalue weighted by Gasteiger charge is -2.25. The number of rotatable bonds is 4. The quantitative estimate of drug-likeness (QED) is 0.918. The van der Waals surface area contributed by atoms with E-state index in [-0.39, 0.29) is 23.4 Å². The van der Waals surface area contributed by atoms with Crippen molar-refractivity contribution in [3.05, 3.63) is 16.1 Å². The van der Waals surface area contributed by atoms with Gasteiger partial charge in [-0.3, -0.25) is 4.79 Å². The Morgan fingerprint density at radius 1 is 1.55 bits per heavy atom. The Labute approximate surface area is 124 Å². The van der Waals surface area contributed by atoms with Crippen LogP contribution >= 0.6 is 11.3 Å². The van der Waals surface area contributed by atoms with Crippen molar-refractivity contribution in [2.45, 2.75) is 44.7 Å². The third kappa shape index (κ3) is 3.02. The molecule has 0 aliphatic carbocycles. The van der Waals surface area contributed by atoms with E-state index in [0.29, 0.717) is 19.6 Å². The molecule has 1 saturated heterocycles. The van der Waals surface area contributed by atoms with Gasteiger partial charge >= 0.3 is 0 Å². The molecule has 1 aromatic heterocycles. The molecule has 1 aliphatic heterocycles. The third-order valence-electron chi connectivity index (χ3n) is 3.47. The molecule has 1 aromatic rings. The number of thiazole rings is 1. The van der Waals surface area contributed by atoms with Gasteiger partial charge in [-0.25, -0.2) is 4.98 Å². The molecule has 112 valence electrons. The number of ether oxygens (including phenoxy) is 1. The van der Waals surface area contributed by atoms with Crippen molar-refractivity contribution in [3.8, 4) is 0 Å². The minimum absolute atomic E-state index is 0.0208. The summed E-state index contributed by atoms with van der Waals surface area (Å²) >= 11 is 1.64. The maximum Gasteiger partial charge on any atom is 0.224 e. The number of hydrogen-bond donors (Lipinski definition) is 1. The molecule has 1 aliphatic rings.